The summed E-state index contributed by atoms with van der Waals surface area (Å²) in [6, 6.07) is 12.9. The molecule has 4 rings (SSSR count). The van der Waals surface area contributed by atoms with Crippen LogP contribution in [0.25, 0.3) is 12.2 Å². The standard InChI is InChI=1S/C20H18N2O3/c1-13-10-15-6-4-5-7-18(15)21(3)20(13)14(2)11-16-12-17(22(23)24)8-9-19(16)25-20/h4-12H,1-3H3. The Morgan fingerprint density at radius 1 is 1.04 bits per heavy atom. The van der Waals surface area contributed by atoms with Gasteiger partial charge >= 0.3 is 0 Å². The van der Waals surface area contributed by atoms with E-state index in [1.165, 1.54) is 6.07 Å². The molecule has 0 bridgehead atoms. The molecule has 2 heterocycles. The largest absolute Gasteiger partial charge is 0.459 e. The topological polar surface area (TPSA) is 55.6 Å². The van der Waals surface area contributed by atoms with Crippen LogP contribution in [0.4, 0.5) is 11.4 Å². The van der Waals surface area contributed by atoms with Crippen molar-refractivity contribution in [1.82, 2.24) is 0 Å². The van der Waals surface area contributed by atoms with Crippen molar-refractivity contribution < 1.29 is 9.66 Å². The lowest BCUT2D eigenvalue weighted by molar-refractivity contribution is -0.384. The fourth-order valence-electron chi connectivity index (χ4n) is 3.83. The fourth-order valence-corrected chi connectivity index (χ4v) is 3.83. The van der Waals surface area contributed by atoms with Gasteiger partial charge in [-0.25, -0.2) is 0 Å². The highest BCUT2D eigenvalue weighted by atomic mass is 16.6. The molecule has 2 aromatic carbocycles. The summed E-state index contributed by atoms with van der Waals surface area (Å²) in [7, 11) is 2.02. The van der Waals surface area contributed by atoms with Gasteiger partial charge in [-0.3, -0.25) is 10.1 Å². The van der Waals surface area contributed by atoms with E-state index >= 15 is 0 Å². The lowest BCUT2D eigenvalue weighted by Gasteiger charge is -2.49. The second-order valence-corrected chi connectivity index (χ2v) is 6.50. The first-order chi connectivity index (χ1) is 11.9. The third-order valence-electron chi connectivity index (χ3n) is 5.05. The van der Waals surface area contributed by atoms with Gasteiger partial charge in [-0.2, -0.15) is 0 Å². The number of benzene rings is 2. The second kappa shape index (κ2) is 5.21. The van der Waals surface area contributed by atoms with Gasteiger partial charge in [-0.1, -0.05) is 18.2 Å². The molecule has 1 spiro atoms. The summed E-state index contributed by atoms with van der Waals surface area (Å²) >= 11 is 0. The number of non-ortho nitro benzene ring substituents is 1. The third kappa shape index (κ3) is 2.09. The maximum absolute atomic E-state index is 11.0. The fraction of sp³-hybridized carbons (Fsp3) is 0.200. The molecule has 0 amide bonds. The Morgan fingerprint density at radius 2 is 1.72 bits per heavy atom. The molecular weight excluding hydrogens is 316 g/mol. The van der Waals surface area contributed by atoms with Crippen molar-refractivity contribution >= 4 is 23.5 Å². The number of ether oxygens (including phenoxy) is 1. The van der Waals surface area contributed by atoms with Gasteiger partial charge in [-0.05, 0) is 54.8 Å². The summed E-state index contributed by atoms with van der Waals surface area (Å²) < 4.78 is 6.46. The van der Waals surface area contributed by atoms with Gasteiger partial charge in [-0.15, -0.1) is 0 Å². The van der Waals surface area contributed by atoms with Crippen LogP contribution in [0.15, 0.2) is 53.6 Å². The molecule has 0 saturated carbocycles. The number of nitro groups is 1. The monoisotopic (exact) mass is 334 g/mol. The van der Waals surface area contributed by atoms with E-state index in [1.807, 2.05) is 32.2 Å². The van der Waals surface area contributed by atoms with Crippen LogP contribution >= 0.6 is 0 Å². The quantitative estimate of drug-likeness (QED) is 0.563. The van der Waals surface area contributed by atoms with E-state index in [1.54, 1.807) is 12.1 Å². The maximum atomic E-state index is 11.0. The normalized spacial score (nSPS) is 21.0. The van der Waals surface area contributed by atoms with Crippen LogP contribution in [-0.4, -0.2) is 17.7 Å². The Bertz CT molecular complexity index is 961. The van der Waals surface area contributed by atoms with E-state index in [-0.39, 0.29) is 10.6 Å². The minimum atomic E-state index is -0.711. The Labute approximate surface area is 146 Å². The Morgan fingerprint density at radius 3 is 2.44 bits per heavy atom. The Kier molecular flexibility index (Phi) is 3.22. The van der Waals surface area contributed by atoms with Gasteiger partial charge < -0.3 is 9.64 Å². The number of para-hydroxylation sites is 1. The van der Waals surface area contributed by atoms with Gasteiger partial charge in [0, 0.05) is 30.4 Å². The van der Waals surface area contributed by atoms with E-state index in [9.17, 15) is 10.1 Å². The number of nitro benzene ring substituents is 1. The van der Waals surface area contributed by atoms with E-state index in [0.29, 0.717) is 5.75 Å². The molecule has 0 aromatic heterocycles. The summed E-state index contributed by atoms with van der Waals surface area (Å²) in [5, 5.41) is 11.0. The highest BCUT2D eigenvalue weighted by Crippen LogP contribution is 2.47. The zero-order valence-corrected chi connectivity index (χ0v) is 14.3. The summed E-state index contributed by atoms with van der Waals surface area (Å²) in [5.74, 6) is 0.648. The molecule has 1 unspecified atom stereocenters. The molecule has 2 aromatic rings. The molecule has 126 valence electrons. The second-order valence-electron chi connectivity index (χ2n) is 6.50. The predicted octanol–water partition coefficient (Wildman–Crippen LogP) is 4.64. The zero-order chi connectivity index (χ0) is 17.8. The van der Waals surface area contributed by atoms with Crippen molar-refractivity contribution in [3.05, 3.63) is 74.9 Å². The summed E-state index contributed by atoms with van der Waals surface area (Å²) in [6.07, 6.45) is 4.12. The Balaban J connectivity index is 1.87. The number of likely N-dealkylation sites (N-methyl/N-ethyl adjacent to an activating group) is 1. The molecule has 5 nitrogen and oxygen atoms in total. The van der Waals surface area contributed by atoms with Gasteiger partial charge in [0.2, 0.25) is 5.72 Å². The lowest BCUT2D eigenvalue weighted by Crippen LogP contribution is -2.56. The van der Waals surface area contributed by atoms with Crippen LogP contribution in [0.3, 0.4) is 0 Å². The van der Waals surface area contributed by atoms with Crippen LogP contribution in [-0.2, 0) is 0 Å². The van der Waals surface area contributed by atoms with Gasteiger partial charge in [0.05, 0.1) is 4.92 Å². The minimum absolute atomic E-state index is 0.0666. The van der Waals surface area contributed by atoms with Crippen molar-refractivity contribution in [2.75, 3.05) is 11.9 Å². The van der Waals surface area contributed by atoms with E-state index in [0.717, 1.165) is 28.0 Å². The molecule has 0 radical (unpaired) electrons. The number of hydrogen-bond acceptors (Lipinski definition) is 4. The molecule has 2 aliphatic heterocycles. The molecule has 0 saturated heterocycles. The smallest absolute Gasteiger partial charge is 0.270 e. The van der Waals surface area contributed by atoms with Gasteiger partial charge in [0.1, 0.15) is 5.75 Å². The lowest BCUT2D eigenvalue weighted by atomic mass is 9.85. The van der Waals surface area contributed by atoms with Crippen LogP contribution in [0.2, 0.25) is 0 Å². The van der Waals surface area contributed by atoms with E-state index in [4.69, 9.17) is 4.74 Å². The van der Waals surface area contributed by atoms with Crippen molar-refractivity contribution in [3.63, 3.8) is 0 Å². The van der Waals surface area contributed by atoms with Crippen molar-refractivity contribution in [2.24, 2.45) is 0 Å². The number of hydrogen-bond donors (Lipinski definition) is 0. The Hall–Kier alpha value is -3.08. The molecular formula is C20H18N2O3. The van der Waals surface area contributed by atoms with Crippen molar-refractivity contribution in [2.45, 2.75) is 19.6 Å². The van der Waals surface area contributed by atoms with Crippen LogP contribution in [0.1, 0.15) is 25.0 Å². The first-order valence-corrected chi connectivity index (χ1v) is 8.11. The first kappa shape index (κ1) is 15.4. The molecule has 0 aliphatic carbocycles. The van der Waals surface area contributed by atoms with Crippen LogP contribution in [0.5, 0.6) is 5.75 Å². The molecule has 1 atom stereocenters. The molecule has 5 heteroatoms. The van der Waals surface area contributed by atoms with Crippen LogP contribution < -0.4 is 9.64 Å². The number of rotatable bonds is 1. The van der Waals surface area contributed by atoms with Crippen LogP contribution in [0, 0.1) is 10.1 Å². The number of anilines is 1. The molecule has 25 heavy (non-hydrogen) atoms. The molecule has 0 N–H and O–H groups in total. The average molecular weight is 334 g/mol. The highest BCUT2D eigenvalue weighted by Gasteiger charge is 2.46. The first-order valence-electron chi connectivity index (χ1n) is 8.11. The van der Waals surface area contributed by atoms with E-state index < -0.39 is 5.72 Å². The predicted molar refractivity (Wildman–Crippen MR) is 98.6 cm³/mol. The highest BCUT2D eigenvalue weighted by molar-refractivity contribution is 5.80. The van der Waals surface area contributed by atoms with Gasteiger partial charge in [0.15, 0.2) is 0 Å². The van der Waals surface area contributed by atoms with Crippen molar-refractivity contribution in [3.8, 4) is 5.75 Å². The minimum Gasteiger partial charge on any atom is -0.459 e. The zero-order valence-electron chi connectivity index (χ0n) is 14.3. The maximum Gasteiger partial charge on any atom is 0.270 e. The van der Waals surface area contributed by atoms with Gasteiger partial charge in [0.25, 0.3) is 5.69 Å². The number of nitrogens with zero attached hydrogens (tertiary/aromatic N) is 2. The van der Waals surface area contributed by atoms with Crippen molar-refractivity contribution in [1.29, 1.82) is 0 Å². The summed E-state index contributed by atoms with van der Waals surface area (Å²) in [4.78, 5) is 12.8. The molecule has 2 aliphatic rings. The number of fused-ring (bicyclic) bond motifs is 2. The molecule has 0 fully saturated rings. The van der Waals surface area contributed by atoms with E-state index in [2.05, 4.69) is 30.0 Å². The average Bonchev–Trinajstić information content (AvgIpc) is 2.59. The third-order valence-corrected chi connectivity index (χ3v) is 5.05. The summed E-state index contributed by atoms with van der Waals surface area (Å²) in [5.41, 5.74) is 4.40. The summed E-state index contributed by atoms with van der Waals surface area (Å²) in [6.45, 7) is 4.06. The SMILES string of the molecule is CC1=Cc2cc([N+](=O)[O-])ccc2OC12C(C)=Cc1ccccc1N2C.